The summed E-state index contributed by atoms with van der Waals surface area (Å²) in [6.45, 7) is 2.13. The highest BCUT2D eigenvalue weighted by Crippen LogP contribution is 2.38. The molecule has 0 saturated carbocycles. The second kappa shape index (κ2) is 3.32. The summed E-state index contributed by atoms with van der Waals surface area (Å²) in [7, 11) is 0.312. The fraction of sp³-hybridized carbons (Fsp3) is 1.00. The lowest BCUT2D eigenvalue weighted by atomic mass is 10.9. The van der Waals surface area contributed by atoms with E-state index in [0.29, 0.717) is 6.61 Å². The van der Waals surface area contributed by atoms with E-state index in [1.165, 1.54) is 4.67 Å². The average molecular weight is 152 g/mol. The molecule has 0 aliphatic carbocycles. The van der Waals surface area contributed by atoms with E-state index < -0.39 is 7.67 Å². The Morgan fingerprint density at radius 1 is 1.67 bits per heavy atom. The summed E-state index contributed by atoms with van der Waals surface area (Å²) in [5.41, 5.74) is 5.23. The Bertz CT molecular complexity index is 126. The Labute approximate surface area is 55.5 Å². The minimum atomic E-state index is -2.93. The van der Waals surface area contributed by atoms with Crippen LogP contribution in [0.2, 0.25) is 0 Å². The van der Waals surface area contributed by atoms with Crippen LogP contribution in [0.25, 0.3) is 0 Å². The van der Waals surface area contributed by atoms with Crippen molar-refractivity contribution < 1.29 is 9.09 Å². The Kier molecular flexibility index (Phi) is 3.36. The number of nitrogens with two attached hydrogens (primary N) is 1. The van der Waals surface area contributed by atoms with Crippen LogP contribution in [0.5, 0.6) is 0 Å². The van der Waals surface area contributed by atoms with Crippen molar-refractivity contribution in [1.82, 2.24) is 4.67 Å². The molecule has 0 saturated heterocycles. The first kappa shape index (κ1) is 9.11. The Morgan fingerprint density at radius 2 is 2.11 bits per heavy atom. The highest BCUT2D eigenvalue weighted by molar-refractivity contribution is 7.53. The largest absolute Gasteiger partial charge is 0.340 e. The molecule has 0 rings (SSSR count). The zero-order valence-electron chi connectivity index (χ0n) is 6.00. The summed E-state index contributed by atoms with van der Waals surface area (Å²) in [5, 5.41) is 0. The molecule has 5 heteroatoms. The third kappa shape index (κ3) is 2.96. The topological polar surface area (TPSA) is 55.6 Å². The zero-order valence-corrected chi connectivity index (χ0v) is 6.89. The Balaban J connectivity index is 3.87. The van der Waals surface area contributed by atoms with Crippen LogP contribution in [-0.4, -0.2) is 25.4 Å². The van der Waals surface area contributed by atoms with Crippen molar-refractivity contribution in [3.8, 4) is 0 Å². The lowest BCUT2D eigenvalue weighted by molar-refractivity contribution is 0.298. The van der Waals surface area contributed by atoms with Gasteiger partial charge in [-0.25, -0.2) is 10.2 Å². The van der Waals surface area contributed by atoms with Gasteiger partial charge in [-0.05, 0) is 21.0 Å². The summed E-state index contributed by atoms with van der Waals surface area (Å²) >= 11 is 0. The number of hydrogen-bond acceptors (Lipinski definition) is 2. The maximum atomic E-state index is 11.0. The molecule has 0 aromatic heterocycles. The molecule has 0 heterocycles. The van der Waals surface area contributed by atoms with Gasteiger partial charge in [0.05, 0.1) is 6.61 Å². The van der Waals surface area contributed by atoms with Gasteiger partial charge < -0.3 is 4.52 Å². The first-order valence-corrected chi connectivity index (χ1v) is 4.36. The standard InChI is InChI=1S/C4H13N2O2P/c1-4-8-9(5,7)6(2)3/h4H2,1-3H3,(H2,5,7). The van der Waals surface area contributed by atoms with Crippen LogP contribution >= 0.6 is 7.67 Å². The number of nitrogens with zero attached hydrogens (tertiary/aromatic N) is 1. The number of rotatable bonds is 3. The fourth-order valence-electron chi connectivity index (χ4n) is 0.300. The Morgan fingerprint density at radius 3 is 2.22 bits per heavy atom. The molecule has 1 unspecified atom stereocenters. The van der Waals surface area contributed by atoms with Crippen molar-refractivity contribution in [2.75, 3.05) is 20.7 Å². The third-order valence-electron chi connectivity index (χ3n) is 0.872. The van der Waals surface area contributed by atoms with Crippen molar-refractivity contribution in [3.05, 3.63) is 0 Å². The van der Waals surface area contributed by atoms with Gasteiger partial charge in [-0.3, -0.25) is 4.57 Å². The summed E-state index contributed by atoms with van der Waals surface area (Å²) in [6, 6.07) is 0. The van der Waals surface area contributed by atoms with Gasteiger partial charge in [0.15, 0.2) is 0 Å². The highest BCUT2D eigenvalue weighted by atomic mass is 31.2. The molecule has 0 bridgehead atoms. The van der Waals surface area contributed by atoms with Crippen molar-refractivity contribution in [3.63, 3.8) is 0 Å². The predicted molar refractivity (Wildman–Crippen MR) is 37.1 cm³/mol. The lowest BCUT2D eigenvalue weighted by Crippen LogP contribution is -2.16. The molecule has 0 aromatic rings. The van der Waals surface area contributed by atoms with E-state index in [0.717, 1.165) is 0 Å². The number of hydrogen-bond donors (Lipinski definition) is 1. The van der Waals surface area contributed by atoms with E-state index in [1.54, 1.807) is 21.0 Å². The second-order valence-electron chi connectivity index (χ2n) is 1.83. The van der Waals surface area contributed by atoms with Crippen LogP contribution in [0.15, 0.2) is 0 Å². The van der Waals surface area contributed by atoms with Crippen molar-refractivity contribution in [2.24, 2.45) is 5.50 Å². The Hall–Kier alpha value is 0.110. The van der Waals surface area contributed by atoms with Crippen LogP contribution in [0.3, 0.4) is 0 Å². The van der Waals surface area contributed by atoms with Crippen molar-refractivity contribution in [1.29, 1.82) is 0 Å². The molecule has 0 aliphatic heterocycles. The second-order valence-corrected chi connectivity index (χ2v) is 4.02. The predicted octanol–water partition coefficient (Wildman–Crippen LogP) is 0.651. The van der Waals surface area contributed by atoms with Gasteiger partial charge in [0.1, 0.15) is 0 Å². The molecule has 9 heavy (non-hydrogen) atoms. The van der Waals surface area contributed by atoms with Crippen LogP contribution in [-0.2, 0) is 9.09 Å². The molecule has 0 radical (unpaired) electrons. The van der Waals surface area contributed by atoms with Gasteiger partial charge in [0.2, 0.25) is 0 Å². The van der Waals surface area contributed by atoms with Crippen LogP contribution in [0.1, 0.15) is 6.92 Å². The molecule has 0 aliphatic rings. The molecule has 0 spiro atoms. The van der Waals surface area contributed by atoms with E-state index in [1.807, 2.05) is 0 Å². The van der Waals surface area contributed by atoms with E-state index >= 15 is 0 Å². The molecule has 2 N–H and O–H groups in total. The zero-order chi connectivity index (χ0) is 7.49. The maximum absolute atomic E-state index is 11.0. The monoisotopic (exact) mass is 152 g/mol. The summed E-state index contributed by atoms with van der Waals surface area (Å²) in [4.78, 5) is 0. The molecule has 1 atom stereocenters. The first-order chi connectivity index (χ1) is 4.00. The van der Waals surface area contributed by atoms with E-state index in [9.17, 15) is 4.57 Å². The van der Waals surface area contributed by atoms with Gasteiger partial charge in [-0.2, -0.15) is 0 Å². The van der Waals surface area contributed by atoms with Crippen LogP contribution in [0.4, 0.5) is 0 Å². The average Bonchev–Trinajstić information content (AvgIpc) is 1.65. The smallest absolute Gasteiger partial charge is 0.306 e. The maximum Gasteiger partial charge on any atom is 0.340 e. The quantitative estimate of drug-likeness (QED) is 0.603. The third-order valence-corrected chi connectivity index (χ3v) is 2.61. The van der Waals surface area contributed by atoms with E-state index in [-0.39, 0.29) is 0 Å². The van der Waals surface area contributed by atoms with E-state index in [4.69, 9.17) is 10.0 Å². The van der Waals surface area contributed by atoms with Gasteiger partial charge in [-0.1, -0.05) is 0 Å². The highest BCUT2D eigenvalue weighted by Gasteiger charge is 2.17. The summed E-state index contributed by atoms with van der Waals surface area (Å²) < 4.78 is 17.1. The SMILES string of the molecule is CCOP(N)(=O)N(C)C. The minimum Gasteiger partial charge on any atom is -0.306 e. The summed E-state index contributed by atoms with van der Waals surface area (Å²) in [6.07, 6.45) is 0. The first-order valence-electron chi connectivity index (χ1n) is 2.71. The van der Waals surface area contributed by atoms with E-state index in [2.05, 4.69) is 0 Å². The minimum absolute atomic E-state index is 0.381. The van der Waals surface area contributed by atoms with Crippen molar-refractivity contribution in [2.45, 2.75) is 6.92 Å². The van der Waals surface area contributed by atoms with Crippen LogP contribution in [0, 0.1) is 0 Å². The molecular formula is C4H13N2O2P. The van der Waals surface area contributed by atoms with Gasteiger partial charge in [-0.15, -0.1) is 0 Å². The lowest BCUT2D eigenvalue weighted by Gasteiger charge is -2.18. The van der Waals surface area contributed by atoms with Gasteiger partial charge >= 0.3 is 7.67 Å². The molecule has 56 valence electrons. The molecule has 4 nitrogen and oxygen atoms in total. The van der Waals surface area contributed by atoms with Gasteiger partial charge in [0.25, 0.3) is 0 Å². The molecule has 0 fully saturated rings. The molecule has 0 aromatic carbocycles. The molecule has 0 amide bonds. The normalized spacial score (nSPS) is 17.9. The van der Waals surface area contributed by atoms with Gasteiger partial charge in [0, 0.05) is 0 Å². The van der Waals surface area contributed by atoms with Crippen LogP contribution < -0.4 is 5.50 Å². The molecular weight excluding hydrogens is 139 g/mol. The summed E-state index contributed by atoms with van der Waals surface area (Å²) in [5.74, 6) is 0. The fourth-order valence-corrected chi connectivity index (χ4v) is 0.901. The van der Waals surface area contributed by atoms with Crippen molar-refractivity contribution >= 4 is 7.67 Å².